The van der Waals surface area contributed by atoms with Crippen molar-refractivity contribution in [2.75, 3.05) is 42.6 Å². The van der Waals surface area contributed by atoms with Gasteiger partial charge in [-0.2, -0.15) is 36.5 Å². The first kappa shape index (κ1) is 59.4. The zero-order chi connectivity index (χ0) is 56.4. The highest BCUT2D eigenvalue weighted by Gasteiger charge is 2.33. The molecule has 2 aliphatic rings. The molecule has 10 heterocycles. The number of nitrogens with zero attached hydrogens (tertiary/aromatic N) is 13. The number of aromatic nitrogens is 12. The number of nitrogens with one attached hydrogen (secondary N) is 3. The average molecular weight is 1140 g/mol. The Labute approximate surface area is 466 Å². The van der Waals surface area contributed by atoms with E-state index < -0.39 is 58.2 Å². The summed E-state index contributed by atoms with van der Waals surface area (Å²) in [6, 6.07) is 16.5. The van der Waals surface area contributed by atoms with Gasteiger partial charge in [0.25, 0.3) is 11.8 Å². The van der Waals surface area contributed by atoms with Crippen LogP contribution in [0.2, 0.25) is 25.7 Å². The maximum Gasteiger partial charge on any atom is 0.390 e. The van der Waals surface area contributed by atoms with Gasteiger partial charge >= 0.3 is 12.4 Å². The number of H-pyrrole nitrogens is 1. The molecule has 2 aliphatic heterocycles. The van der Waals surface area contributed by atoms with Gasteiger partial charge in [0, 0.05) is 139 Å². The number of hydrogen-bond donors (Lipinski definition) is 3. The Balaban J connectivity index is 0.000000214. The number of rotatable bonds is 21. The van der Waals surface area contributed by atoms with E-state index in [4.69, 9.17) is 4.74 Å². The van der Waals surface area contributed by atoms with Gasteiger partial charge in [0.15, 0.2) is 11.4 Å². The van der Waals surface area contributed by atoms with Crippen LogP contribution in [0.15, 0.2) is 86.0 Å². The van der Waals surface area contributed by atoms with Gasteiger partial charge in [0.2, 0.25) is 0 Å². The zero-order valence-electron chi connectivity index (χ0n) is 44.8. The van der Waals surface area contributed by atoms with E-state index in [1.807, 2.05) is 73.6 Å². The third-order valence-corrected chi connectivity index (χ3v) is 15.5. The van der Waals surface area contributed by atoms with Crippen LogP contribution in [-0.4, -0.2) is 124 Å². The van der Waals surface area contributed by atoms with Gasteiger partial charge in [-0.3, -0.25) is 28.9 Å². The number of ether oxygens (including phenoxy) is 1. The molecule has 0 saturated heterocycles. The van der Waals surface area contributed by atoms with Crippen molar-refractivity contribution in [3.8, 4) is 0 Å². The fourth-order valence-corrected chi connectivity index (χ4v) is 10.5. The largest absolute Gasteiger partial charge is 0.390 e. The number of amides is 2. The predicted molar refractivity (Wildman–Crippen MR) is 297 cm³/mol. The van der Waals surface area contributed by atoms with Gasteiger partial charge in [0.1, 0.15) is 42.3 Å². The highest BCUT2D eigenvalue weighted by atomic mass is 28.3. The quantitative estimate of drug-likeness (QED) is 0.0349. The van der Waals surface area contributed by atoms with E-state index in [1.165, 1.54) is 12.7 Å². The molecular formula is C55H68F6N16O3Si. The second-order valence-electron chi connectivity index (χ2n) is 20.9. The van der Waals surface area contributed by atoms with Crippen molar-refractivity contribution < 1.29 is 40.7 Å². The summed E-state index contributed by atoms with van der Waals surface area (Å²) in [7, 11) is -1.20. The smallest absolute Gasteiger partial charge is 0.361 e. The fourth-order valence-electron chi connectivity index (χ4n) is 9.79. The van der Waals surface area contributed by atoms with E-state index in [0.717, 1.165) is 82.6 Å². The molecule has 0 bridgehead atoms. The number of carbonyl (C=O) groups excluding carboxylic acids is 2. The van der Waals surface area contributed by atoms with Gasteiger partial charge in [-0.15, -0.1) is 0 Å². The monoisotopic (exact) mass is 1140 g/mol. The first-order valence-electron chi connectivity index (χ1n) is 26.7. The van der Waals surface area contributed by atoms with Crippen molar-refractivity contribution in [3.63, 3.8) is 0 Å². The maximum absolute atomic E-state index is 13.1. The fraction of sp³-hybridized carbons (Fsp3) is 0.455. The Morgan fingerprint density at radius 3 is 1.72 bits per heavy atom. The lowest BCUT2D eigenvalue weighted by Crippen LogP contribution is -2.34. The molecular weight excluding hydrogens is 1070 g/mol. The Hall–Kier alpha value is -7.74. The number of alkyl halides is 6. The number of carbonyl (C=O) groups is 2. The average Bonchev–Trinajstić information content (AvgIpc) is 4.34. The lowest BCUT2D eigenvalue weighted by Gasteiger charge is -2.29. The number of pyridine rings is 2. The molecule has 10 rings (SSSR count). The summed E-state index contributed by atoms with van der Waals surface area (Å²) < 4.78 is 87.7. The number of halogens is 6. The van der Waals surface area contributed by atoms with Crippen LogP contribution in [0.1, 0.15) is 88.0 Å². The molecule has 0 fully saturated rings. The Morgan fingerprint density at radius 1 is 0.679 bits per heavy atom. The minimum absolute atomic E-state index is 0. The topological polar surface area (TPSA) is 208 Å². The van der Waals surface area contributed by atoms with Crippen molar-refractivity contribution in [2.24, 2.45) is 0 Å². The summed E-state index contributed by atoms with van der Waals surface area (Å²) in [5.74, 6) is 0.256. The molecule has 19 nitrogen and oxygen atoms in total. The molecule has 3 N–H and O–H groups in total. The maximum atomic E-state index is 13.1. The minimum Gasteiger partial charge on any atom is -0.361 e. The van der Waals surface area contributed by atoms with Gasteiger partial charge in [-0.25, -0.2) is 19.9 Å². The first-order chi connectivity index (χ1) is 38.4. The van der Waals surface area contributed by atoms with Crippen molar-refractivity contribution >= 4 is 53.6 Å². The van der Waals surface area contributed by atoms with Crippen molar-refractivity contribution in [1.82, 2.24) is 69.6 Å². The van der Waals surface area contributed by atoms with E-state index in [0.29, 0.717) is 82.2 Å². The van der Waals surface area contributed by atoms with E-state index in [-0.39, 0.29) is 18.8 Å². The van der Waals surface area contributed by atoms with E-state index in [9.17, 15) is 35.9 Å². The van der Waals surface area contributed by atoms with Crippen LogP contribution in [0, 0.1) is 0 Å². The Bertz CT molecular complexity index is 3360. The number of anilines is 2. The zero-order valence-corrected chi connectivity index (χ0v) is 45.8. The normalized spacial score (nSPS) is 13.6. The third-order valence-electron chi connectivity index (χ3n) is 13.8. The molecule has 81 heavy (non-hydrogen) atoms. The number of aromatic amines is 1. The molecule has 0 atom stereocenters. The summed E-state index contributed by atoms with van der Waals surface area (Å²) in [5, 5.41) is 15.7. The van der Waals surface area contributed by atoms with Gasteiger partial charge < -0.3 is 34.7 Å². The summed E-state index contributed by atoms with van der Waals surface area (Å²) in [5.41, 5.74) is 6.97. The van der Waals surface area contributed by atoms with Crippen molar-refractivity contribution in [1.29, 1.82) is 0 Å². The molecule has 0 spiro atoms. The molecule has 0 unspecified atom stereocenters. The van der Waals surface area contributed by atoms with Crippen LogP contribution in [0.5, 0.6) is 0 Å². The van der Waals surface area contributed by atoms with Crippen LogP contribution in [0.25, 0.3) is 22.1 Å². The second kappa shape index (κ2) is 26.2. The van der Waals surface area contributed by atoms with Crippen LogP contribution in [-0.2, 0) is 63.3 Å². The Morgan fingerprint density at radius 2 is 1.21 bits per heavy atom. The van der Waals surface area contributed by atoms with E-state index >= 15 is 0 Å². The van der Waals surface area contributed by atoms with E-state index in [2.05, 4.69) is 80.3 Å². The first-order valence-corrected chi connectivity index (χ1v) is 30.4. The predicted octanol–water partition coefficient (Wildman–Crippen LogP) is 9.28. The number of fused-ring (bicyclic) bond motifs is 4. The lowest BCUT2D eigenvalue weighted by atomic mass is 10.0. The summed E-state index contributed by atoms with van der Waals surface area (Å²) in [6.45, 7) is 10.2. The summed E-state index contributed by atoms with van der Waals surface area (Å²) in [6.07, 6.45) is 3.57. The minimum atomic E-state index is -4.36. The third kappa shape index (κ3) is 15.6. The standard InChI is InChI=1S/C30H39F3N8O2Si.C24H25F3N8O.CH4/c1-44(2,3)18-17-43-21-40-15-9-23-27(36-20-37-28(23)40)39-16-10-25-24(19-39)26(29(42)35-13-11-30(31,32)33)38-41(25)14-6-8-22-7-4-5-12-34-22;25-24(26,27)8-11-30-23(36)20-18-14-34(22-17-6-10-29-21(17)31-15-32-22)13-7-19(18)35(33-20)12-3-5-16-4-1-2-9-28-16;/h4-5,7,9,12,15,20H,6,8,10-11,13-14,16-19,21H2,1-3H3,(H,35,42);1-2,4,6,9-10,15H,3,5,7-8,11-14H2,(H,30,36)(H,29,31,32);1H4. The molecule has 0 aliphatic carbocycles. The highest BCUT2D eigenvalue weighted by Crippen LogP contribution is 2.33. The SMILES string of the molecule is C.C[Si](C)(C)CCOCn1ccc2c(N3CCc4c(c(C(=O)NCCC(F)(F)F)nn4CCCc4ccccn4)C3)ncnc21.O=C(NCCC(F)(F)F)c1nn(CCCc2ccccn2)c2c1CN(c1ncnc3[nH]ccc13)CC2. The highest BCUT2D eigenvalue weighted by molar-refractivity contribution is 6.76. The van der Waals surface area contributed by atoms with Crippen LogP contribution >= 0.6 is 0 Å². The number of aryl methyl sites for hydroxylation is 4. The van der Waals surface area contributed by atoms with Gasteiger partial charge in [0.05, 0.1) is 23.6 Å². The molecule has 432 valence electrons. The Kier molecular flexibility index (Phi) is 19.2. The van der Waals surface area contributed by atoms with Gasteiger partial charge in [-0.05, 0) is 68.1 Å². The number of hydrogen-bond acceptors (Lipinski definition) is 13. The summed E-state index contributed by atoms with van der Waals surface area (Å²) >= 11 is 0. The molecule has 2 amide bonds. The molecule has 8 aromatic rings. The van der Waals surface area contributed by atoms with Crippen molar-refractivity contribution in [3.05, 3.63) is 131 Å². The second-order valence-corrected chi connectivity index (χ2v) is 26.6. The lowest BCUT2D eigenvalue weighted by molar-refractivity contribution is -0.134. The van der Waals surface area contributed by atoms with Crippen LogP contribution in [0.4, 0.5) is 38.0 Å². The summed E-state index contributed by atoms with van der Waals surface area (Å²) in [4.78, 5) is 59.7. The van der Waals surface area contributed by atoms with Crippen LogP contribution in [0.3, 0.4) is 0 Å². The van der Waals surface area contributed by atoms with E-state index in [1.54, 1.807) is 18.6 Å². The molecule has 8 aromatic heterocycles. The van der Waals surface area contributed by atoms with Gasteiger partial charge in [-0.1, -0.05) is 39.2 Å². The molecule has 0 radical (unpaired) electrons. The molecule has 0 aromatic carbocycles. The van der Waals surface area contributed by atoms with Crippen LogP contribution < -0.4 is 20.4 Å². The molecule has 0 saturated carbocycles. The molecule has 26 heteroatoms. The van der Waals surface area contributed by atoms with Crippen molar-refractivity contribution in [2.45, 2.75) is 130 Å².